The highest BCUT2D eigenvalue weighted by Crippen LogP contribution is 2.19. The van der Waals surface area contributed by atoms with E-state index >= 15 is 0 Å². The second kappa shape index (κ2) is 8.62. The Labute approximate surface area is 119 Å². The number of ether oxygens (including phenoxy) is 1. The quantitative estimate of drug-likeness (QED) is 0.415. The molecule has 0 spiro atoms. The molecule has 0 bridgehead atoms. The Hall–Kier alpha value is -1.51. The molecule has 0 radical (unpaired) electrons. The van der Waals surface area contributed by atoms with Crippen molar-refractivity contribution < 1.29 is 27.3 Å². The Morgan fingerprint density at radius 3 is 2.00 bits per heavy atom. The van der Waals surface area contributed by atoms with E-state index in [0.29, 0.717) is 6.61 Å². The second-order valence-corrected chi connectivity index (χ2v) is 6.12. The first-order chi connectivity index (χ1) is 8.95. The Bertz CT molecular complexity index is 466. The molecule has 3 N–H and O–H groups in total. The number of hydrogen-bond acceptors (Lipinski definition) is 6. The fourth-order valence-electron chi connectivity index (χ4n) is 0.831. The smallest absolute Gasteiger partial charge is 0.330 e. The summed E-state index contributed by atoms with van der Waals surface area (Å²) in [6.45, 7) is 10.9. The standard InChI is InChI=1S/C7H13NO4S.C5H8O2/c1-4-5(9)6(8)7(2,3)13(10,11)12;1-3-5(6)7-4-2/h4,6H,1,8H2,2-3H3,(H,10,11,12);3H,1,4H2,2H3. The van der Waals surface area contributed by atoms with Crippen molar-refractivity contribution >= 4 is 21.9 Å². The van der Waals surface area contributed by atoms with Crippen LogP contribution >= 0.6 is 0 Å². The molecular weight excluding hydrogens is 286 g/mol. The van der Waals surface area contributed by atoms with Crippen LogP contribution in [0.2, 0.25) is 0 Å². The van der Waals surface area contributed by atoms with Gasteiger partial charge in [-0.15, -0.1) is 0 Å². The van der Waals surface area contributed by atoms with Crippen molar-refractivity contribution in [3.63, 3.8) is 0 Å². The largest absolute Gasteiger partial charge is 0.463 e. The second-order valence-electron chi connectivity index (χ2n) is 4.12. The van der Waals surface area contributed by atoms with E-state index in [9.17, 15) is 18.0 Å². The number of rotatable bonds is 6. The maximum atomic E-state index is 11.0. The molecule has 8 heteroatoms. The average molecular weight is 307 g/mol. The number of nitrogens with two attached hydrogens (primary N) is 1. The third kappa shape index (κ3) is 6.60. The number of carbonyl (C=O) groups excluding carboxylic acids is 2. The van der Waals surface area contributed by atoms with Gasteiger partial charge in [0.1, 0.15) is 4.75 Å². The molecule has 0 fully saturated rings. The van der Waals surface area contributed by atoms with Crippen LogP contribution in [0.4, 0.5) is 0 Å². The van der Waals surface area contributed by atoms with Crippen molar-refractivity contribution in [2.75, 3.05) is 6.61 Å². The van der Waals surface area contributed by atoms with E-state index in [1.54, 1.807) is 6.92 Å². The summed E-state index contributed by atoms with van der Waals surface area (Å²) in [6, 6.07) is -1.31. The van der Waals surface area contributed by atoms with E-state index in [-0.39, 0.29) is 5.97 Å². The summed E-state index contributed by atoms with van der Waals surface area (Å²) in [5.41, 5.74) is 5.33. The van der Waals surface area contributed by atoms with Gasteiger partial charge in [0, 0.05) is 6.08 Å². The van der Waals surface area contributed by atoms with Gasteiger partial charge in [0.25, 0.3) is 10.1 Å². The Morgan fingerprint density at radius 2 is 1.80 bits per heavy atom. The van der Waals surface area contributed by atoms with Gasteiger partial charge in [-0.1, -0.05) is 13.2 Å². The predicted molar refractivity (Wildman–Crippen MR) is 75.6 cm³/mol. The lowest BCUT2D eigenvalue weighted by Crippen LogP contribution is -2.52. The third-order valence-electron chi connectivity index (χ3n) is 2.37. The molecule has 0 aromatic rings. The highest BCUT2D eigenvalue weighted by atomic mass is 32.2. The lowest BCUT2D eigenvalue weighted by molar-refractivity contribution is -0.137. The third-order valence-corrected chi connectivity index (χ3v) is 3.96. The first kappa shape index (κ1) is 20.8. The van der Waals surface area contributed by atoms with Gasteiger partial charge in [-0.05, 0) is 26.8 Å². The Morgan fingerprint density at radius 1 is 1.35 bits per heavy atom. The van der Waals surface area contributed by atoms with Crippen molar-refractivity contribution in [2.45, 2.75) is 31.6 Å². The zero-order valence-corrected chi connectivity index (χ0v) is 12.6. The monoisotopic (exact) mass is 307 g/mol. The molecule has 0 heterocycles. The van der Waals surface area contributed by atoms with Gasteiger partial charge in [0.05, 0.1) is 12.6 Å². The van der Waals surface area contributed by atoms with Crippen LogP contribution in [0.1, 0.15) is 20.8 Å². The highest BCUT2D eigenvalue weighted by molar-refractivity contribution is 7.87. The van der Waals surface area contributed by atoms with Crippen molar-refractivity contribution in [3.05, 3.63) is 25.3 Å². The summed E-state index contributed by atoms with van der Waals surface area (Å²) in [7, 11) is -4.35. The van der Waals surface area contributed by atoms with Gasteiger partial charge >= 0.3 is 5.97 Å². The van der Waals surface area contributed by atoms with Crippen LogP contribution in [0.15, 0.2) is 25.3 Å². The summed E-state index contributed by atoms with van der Waals surface area (Å²) in [6.07, 6.45) is 2.07. The first-order valence-corrected chi connectivity index (χ1v) is 7.07. The van der Waals surface area contributed by atoms with E-state index in [1.807, 2.05) is 0 Å². The fourth-order valence-corrected chi connectivity index (χ4v) is 1.27. The van der Waals surface area contributed by atoms with Crippen LogP contribution in [0, 0.1) is 0 Å². The molecule has 0 aliphatic heterocycles. The molecule has 0 aromatic heterocycles. The van der Waals surface area contributed by atoms with Gasteiger partial charge < -0.3 is 10.5 Å². The van der Waals surface area contributed by atoms with Crippen LogP contribution < -0.4 is 5.73 Å². The summed E-state index contributed by atoms with van der Waals surface area (Å²) in [5, 5.41) is 0. The molecule has 116 valence electrons. The highest BCUT2D eigenvalue weighted by Gasteiger charge is 2.41. The Balaban J connectivity index is 0. The van der Waals surface area contributed by atoms with E-state index in [2.05, 4.69) is 17.9 Å². The molecule has 1 atom stereocenters. The number of ketones is 1. The molecule has 0 aromatic carbocycles. The topological polar surface area (TPSA) is 124 Å². The van der Waals surface area contributed by atoms with Gasteiger partial charge in [0.2, 0.25) is 0 Å². The minimum Gasteiger partial charge on any atom is -0.463 e. The zero-order valence-electron chi connectivity index (χ0n) is 11.8. The molecule has 0 saturated heterocycles. The molecular formula is C12H21NO6S. The molecule has 0 rings (SSSR count). The average Bonchev–Trinajstić information content (AvgIpc) is 2.36. The van der Waals surface area contributed by atoms with Gasteiger partial charge in [0.15, 0.2) is 5.78 Å². The first-order valence-electron chi connectivity index (χ1n) is 5.63. The number of carbonyl (C=O) groups is 2. The molecule has 0 saturated carbocycles. The van der Waals surface area contributed by atoms with Crippen LogP contribution in [0.25, 0.3) is 0 Å². The van der Waals surface area contributed by atoms with Crippen LogP contribution in [-0.4, -0.2) is 42.1 Å². The minimum absolute atomic E-state index is 0.359. The van der Waals surface area contributed by atoms with Crippen LogP contribution in [0.3, 0.4) is 0 Å². The van der Waals surface area contributed by atoms with Gasteiger partial charge in [-0.3, -0.25) is 9.35 Å². The molecule has 20 heavy (non-hydrogen) atoms. The lowest BCUT2D eigenvalue weighted by Gasteiger charge is -2.25. The van der Waals surface area contributed by atoms with E-state index in [0.717, 1.165) is 12.2 Å². The predicted octanol–water partition coefficient (Wildman–Crippen LogP) is 0.471. The van der Waals surface area contributed by atoms with E-state index < -0.39 is 26.7 Å². The Kier molecular flexibility index (Phi) is 8.96. The van der Waals surface area contributed by atoms with E-state index in [1.165, 1.54) is 13.8 Å². The van der Waals surface area contributed by atoms with Crippen molar-refractivity contribution in [1.82, 2.24) is 0 Å². The SMILES string of the molecule is C=CC(=O)C(N)C(C)(C)S(=O)(=O)O.C=CC(=O)OCC. The summed E-state index contributed by atoms with van der Waals surface area (Å²) in [4.78, 5) is 21.1. The summed E-state index contributed by atoms with van der Waals surface area (Å²) in [5.74, 6) is -0.981. The number of hydrogen-bond donors (Lipinski definition) is 2. The molecule has 1 unspecified atom stereocenters. The zero-order chi connectivity index (χ0) is 16.6. The molecule has 0 aliphatic rings. The summed E-state index contributed by atoms with van der Waals surface area (Å²) >= 11 is 0. The maximum absolute atomic E-state index is 11.0. The summed E-state index contributed by atoms with van der Waals surface area (Å²) < 4.78 is 33.1. The minimum atomic E-state index is -4.35. The normalized spacial score (nSPS) is 12.4. The van der Waals surface area contributed by atoms with Gasteiger partial charge in [-0.2, -0.15) is 8.42 Å². The van der Waals surface area contributed by atoms with Crippen molar-refractivity contribution in [1.29, 1.82) is 0 Å². The molecule has 7 nitrogen and oxygen atoms in total. The van der Waals surface area contributed by atoms with Gasteiger partial charge in [-0.25, -0.2) is 4.79 Å². The molecule has 0 amide bonds. The molecule has 0 aliphatic carbocycles. The van der Waals surface area contributed by atoms with E-state index in [4.69, 9.17) is 10.3 Å². The van der Waals surface area contributed by atoms with Crippen LogP contribution in [0.5, 0.6) is 0 Å². The maximum Gasteiger partial charge on any atom is 0.330 e. The van der Waals surface area contributed by atoms with Crippen LogP contribution in [-0.2, 0) is 24.4 Å². The fraction of sp³-hybridized carbons (Fsp3) is 0.500. The van der Waals surface area contributed by atoms with Crippen molar-refractivity contribution in [3.8, 4) is 0 Å². The number of esters is 1. The van der Waals surface area contributed by atoms with Crippen molar-refractivity contribution in [2.24, 2.45) is 5.73 Å². The lowest BCUT2D eigenvalue weighted by atomic mass is 10.00.